The number of aromatic nitrogens is 4. The van der Waals surface area contributed by atoms with Crippen molar-refractivity contribution in [3.63, 3.8) is 0 Å². The van der Waals surface area contributed by atoms with Crippen LogP contribution in [-0.2, 0) is 11.3 Å². The van der Waals surface area contributed by atoms with E-state index in [1.54, 1.807) is 36.7 Å². The van der Waals surface area contributed by atoms with Gasteiger partial charge in [0.2, 0.25) is 5.91 Å². The Morgan fingerprint density at radius 3 is 2.69 bits per heavy atom. The van der Waals surface area contributed by atoms with Gasteiger partial charge in [0.15, 0.2) is 5.82 Å². The Kier molecular flexibility index (Phi) is 4.08. The van der Waals surface area contributed by atoms with Crippen LogP contribution < -0.4 is 11.0 Å². The summed E-state index contributed by atoms with van der Waals surface area (Å²) in [5, 5.41) is 7.11. The van der Waals surface area contributed by atoms with E-state index < -0.39 is 11.5 Å². The molecule has 1 amide bonds. The second kappa shape index (κ2) is 6.55. The number of nitrogens with one attached hydrogen (secondary N) is 1. The van der Waals surface area contributed by atoms with Crippen LogP contribution in [0.1, 0.15) is 12.8 Å². The van der Waals surface area contributed by atoms with Gasteiger partial charge < -0.3 is 5.32 Å². The fourth-order valence-electron chi connectivity index (χ4n) is 2.69. The maximum Gasteiger partial charge on any atom is 0.351 e. The third kappa shape index (κ3) is 3.26. The summed E-state index contributed by atoms with van der Waals surface area (Å²) in [6.45, 7) is -0.185. The number of amides is 1. The lowest BCUT2D eigenvalue weighted by atomic mass is 10.2. The monoisotopic (exact) mass is 353 g/mol. The van der Waals surface area contributed by atoms with E-state index in [4.69, 9.17) is 0 Å². The average Bonchev–Trinajstić information content (AvgIpc) is 3.39. The average molecular weight is 353 g/mol. The van der Waals surface area contributed by atoms with E-state index in [0.29, 0.717) is 11.3 Å². The number of carbonyl (C=O) groups excluding carboxylic acids is 1. The molecule has 2 aromatic heterocycles. The minimum atomic E-state index is -0.471. The highest BCUT2D eigenvalue weighted by Crippen LogP contribution is 2.20. The minimum absolute atomic E-state index is 0.185. The highest BCUT2D eigenvalue weighted by atomic mass is 19.1. The Bertz CT molecular complexity index is 1010. The van der Waals surface area contributed by atoms with Gasteiger partial charge in [-0.3, -0.25) is 9.78 Å². The number of pyridine rings is 1. The van der Waals surface area contributed by atoms with E-state index in [2.05, 4.69) is 15.4 Å². The molecular formula is C18H16FN5O2. The standard InChI is InChI=1S/C18H16FN5O2/c19-13-3-1-2-12(10-13)17-22-23(11-16(25)21-14-4-5-14)18(26)24(17)15-6-8-20-9-7-15/h1-3,6-10,14H,4-5,11H2,(H,21,25). The number of hydrogen-bond acceptors (Lipinski definition) is 4. The van der Waals surface area contributed by atoms with Crippen LogP contribution in [0.15, 0.2) is 53.6 Å². The number of nitrogens with zero attached hydrogens (tertiary/aromatic N) is 4. The molecule has 0 atom stereocenters. The van der Waals surface area contributed by atoms with Gasteiger partial charge in [0.05, 0.1) is 5.69 Å². The molecule has 1 saturated carbocycles. The number of carbonyl (C=O) groups is 1. The molecule has 2 heterocycles. The van der Waals surface area contributed by atoms with E-state index in [1.165, 1.54) is 16.7 Å². The summed E-state index contributed by atoms with van der Waals surface area (Å²) in [4.78, 5) is 28.9. The molecule has 132 valence electrons. The van der Waals surface area contributed by atoms with E-state index in [0.717, 1.165) is 17.5 Å². The summed E-state index contributed by atoms with van der Waals surface area (Å²) in [7, 11) is 0. The second-order valence-electron chi connectivity index (χ2n) is 6.16. The van der Waals surface area contributed by atoms with Crippen molar-refractivity contribution >= 4 is 5.91 Å². The Balaban J connectivity index is 1.79. The maximum absolute atomic E-state index is 13.7. The molecule has 4 rings (SSSR count). The van der Waals surface area contributed by atoms with Crippen molar-refractivity contribution < 1.29 is 9.18 Å². The Labute approximate surface area is 148 Å². The molecule has 0 unspecified atom stereocenters. The molecule has 26 heavy (non-hydrogen) atoms. The first-order valence-electron chi connectivity index (χ1n) is 8.27. The van der Waals surface area contributed by atoms with Crippen molar-refractivity contribution in [1.29, 1.82) is 0 Å². The molecule has 0 radical (unpaired) electrons. The zero-order chi connectivity index (χ0) is 18.1. The van der Waals surface area contributed by atoms with Crippen LogP contribution in [-0.4, -0.2) is 31.3 Å². The van der Waals surface area contributed by atoms with Gasteiger partial charge in [0, 0.05) is 24.0 Å². The fourth-order valence-corrected chi connectivity index (χ4v) is 2.69. The van der Waals surface area contributed by atoms with Gasteiger partial charge in [-0.25, -0.2) is 18.4 Å². The van der Waals surface area contributed by atoms with Crippen LogP contribution in [0, 0.1) is 5.82 Å². The lowest BCUT2D eigenvalue weighted by molar-refractivity contribution is -0.122. The summed E-state index contributed by atoms with van der Waals surface area (Å²) in [6.07, 6.45) is 5.02. The molecule has 3 aromatic rings. The smallest absolute Gasteiger partial charge is 0.351 e. The molecule has 1 aliphatic rings. The van der Waals surface area contributed by atoms with Crippen molar-refractivity contribution in [1.82, 2.24) is 24.6 Å². The first kappa shape index (κ1) is 16.2. The number of hydrogen-bond donors (Lipinski definition) is 1. The molecule has 8 heteroatoms. The van der Waals surface area contributed by atoms with Crippen molar-refractivity contribution in [2.75, 3.05) is 0 Å². The zero-order valence-corrected chi connectivity index (χ0v) is 13.8. The molecule has 0 aliphatic heterocycles. The Hall–Kier alpha value is -3.29. The van der Waals surface area contributed by atoms with Gasteiger partial charge in [-0.2, -0.15) is 0 Å². The van der Waals surface area contributed by atoms with Gasteiger partial charge >= 0.3 is 5.69 Å². The molecule has 1 fully saturated rings. The summed E-state index contributed by atoms with van der Waals surface area (Å²) < 4.78 is 16.1. The molecule has 1 N–H and O–H groups in total. The molecular weight excluding hydrogens is 337 g/mol. The third-order valence-corrected chi connectivity index (χ3v) is 4.08. The van der Waals surface area contributed by atoms with E-state index in [9.17, 15) is 14.0 Å². The summed E-state index contributed by atoms with van der Waals surface area (Å²) >= 11 is 0. The van der Waals surface area contributed by atoms with Crippen LogP contribution in [0.3, 0.4) is 0 Å². The Morgan fingerprint density at radius 2 is 2.00 bits per heavy atom. The number of halogens is 1. The van der Waals surface area contributed by atoms with Crippen molar-refractivity contribution in [3.05, 3.63) is 65.1 Å². The topological polar surface area (TPSA) is 81.8 Å². The highest BCUT2D eigenvalue weighted by molar-refractivity contribution is 5.76. The second-order valence-corrected chi connectivity index (χ2v) is 6.16. The lowest BCUT2D eigenvalue weighted by Crippen LogP contribution is -2.34. The van der Waals surface area contributed by atoms with Crippen LogP contribution in [0.25, 0.3) is 17.1 Å². The SMILES string of the molecule is O=C(Cn1nc(-c2cccc(F)c2)n(-c2ccncc2)c1=O)NC1CC1. The number of benzene rings is 1. The highest BCUT2D eigenvalue weighted by Gasteiger charge is 2.24. The van der Waals surface area contributed by atoms with Crippen LogP contribution in [0.5, 0.6) is 0 Å². The maximum atomic E-state index is 13.7. The number of rotatable bonds is 5. The Morgan fingerprint density at radius 1 is 1.23 bits per heavy atom. The predicted octanol–water partition coefficient (Wildman–Crippen LogP) is 1.51. The van der Waals surface area contributed by atoms with Gasteiger partial charge in [0.25, 0.3) is 0 Å². The molecule has 0 spiro atoms. The molecule has 0 saturated heterocycles. The first-order valence-corrected chi connectivity index (χ1v) is 8.27. The zero-order valence-electron chi connectivity index (χ0n) is 13.8. The summed E-state index contributed by atoms with van der Waals surface area (Å²) in [5.74, 6) is -0.433. The van der Waals surface area contributed by atoms with Gasteiger partial charge in [-0.1, -0.05) is 12.1 Å². The summed E-state index contributed by atoms with van der Waals surface area (Å²) in [6, 6.07) is 9.33. The van der Waals surface area contributed by atoms with Gasteiger partial charge in [0.1, 0.15) is 12.4 Å². The molecule has 0 bridgehead atoms. The van der Waals surface area contributed by atoms with Crippen molar-refractivity contribution in [2.24, 2.45) is 0 Å². The third-order valence-electron chi connectivity index (χ3n) is 4.08. The fraction of sp³-hybridized carbons (Fsp3) is 0.222. The normalized spacial score (nSPS) is 13.6. The minimum Gasteiger partial charge on any atom is -0.352 e. The van der Waals surface area contributed by atoms with E-state index >= 15 is 0 Å². The molecule has 7 nitrogen and oxygen atoms in total. The van der Waals surface area contributed by atoms with Gasteiger partial charge in [-0.05, 0) is 37.1 Å². The van der Waals surface area contributed by atoms with E-state index in [-0.39, 0.29) is 24.3 Å². The van der Waals surface area contributed by atoms with E-state index in [1.807, 2.05) is 0 Å². The summed E-state index contributed by atoms with van der Waals surface area (Å²) in [5.41, 5.74) is 0.514. The van der Waals surface area contributed by atoms with Crippen LogP contribution in [0.4, 0.5) is 4.39 Å². The molecule has 1 aromatic carbocycles. The van der Waals surface area contributed by atoms with Crippen LogP contribution in [0.2, 0.25) is 0 Å². The van der Waals surface area contributed by atoms with Crippen LogP contribution >= 0.6 is 0 Å². The van der Waals surface area contributed by atoms with Gasteiger partial charge in [-0.15, -0.1) is 5.10 Å². The first-order chi connectivity index (χ1) is 12.6. The molecule has 1 aliphatic carbocycles. The van der Waals surface area contributed by atoms with Crippen molar-refractivity contribution in [2.45, 2.75) is 25.4 Å². The van der Waals surface area contributed by atoms with Crippen molar-refractivity contribution in [3.8, 4) is 17.1 Å². The lowest BCUT2D eigenvalue weighted by Gasteiger charge is -2.05. The quantitative estimate of drug-likeness (QED) is 0.754. The predicted molar refractivity (Wildman–Crippen MR) is 92.2 cm³/mol. The largest absolute Gasteiger partial charge is 0.352 e.